The van der Waals surface area contributed by atoms with Gasteiger partial charge in [-0.2, -0.15) is 4.98 Å². The van der Waals surface area contributed by atoms with Crippen molar-refractivity contribution in [3.8, 4) is 0 Å². The summed E-state index contributed by atoms with van der Waals surface area (Å²) in [4.78, 5) is 8.44. The number of nitrogens with zero attached hydrogens (tertiary/aromatic N) is 2. The summed E-state index contributed by atoms with van der Waals surface area (Å²) in [5.41, 5.74) is 1.62. The van der Waals surface area contributed by atoms with Gasteiger partial charge in [0.15, 0.2) is 0 Å². The van der Waals surface area contributed by atoms with E-state index in [1.54, 1.807) is 36.5 Å². The summed E-state index contributed by atoms with van der Waals surface area (Å²) in [5.74, 6) is 0.475. The van der Waals surface area contributed by atoms with Gasteiger partial charge in [-0.15, -0.1) is 0 Å². The molecular weight excluding hydrogens is 310 g/mol. The lowest BCUT2D eigenvalue weighted by Gasteiger charge is -2.08. The highest BCUT2D eigenvalue weighted by Gasteiger charge is 2.01. The second-order valence-corrected chi connectivity index (χ2v) is 5.20. The molecule has 24 heavy (non-hydrogen) atoms. The topological polar surface area (TPSA) is 49.8 Å². The van der Waals surface area contributed by atoms with Crippen molar-refractivity contribution in [3.63, 3.8) is 0 Å². The third kappa shape index (κ3) is 4.49. The van der Waals surface area contributed by atoms with Gasteiger partial charge in [0.2, 0.25) is 5.95 Å². The molecule has 0 fully saturated rings. The fraction of sp³-hybridized carbons (Fsp3) is 0.111. The highest BCUT2D eigenvalue weighted by Crippen LogP contribution is 2.15. The molecule has 0 amide bonds. The lowest BCUT2D eigenvalue weighted by molar-refractivity contribution is 0.627. The van der Waals surface area contributed by atoms with Gasteiger partial charge < -0.3 is 10.6 Å². The molecule has 0 aliphatic heterocycles. The van der Waals surface area contributed by atoms with E-state index in [1.165, 1.54) is 24.3 Å². The maximum atomic E-state index is 13.2. The Kier molecular flexibility index (Phi) is 4.96. The number of rotatable bonds is 6. The molecule has 0 aliphatic rings. The first-order valence-electron chi connectivity index (χ1n) is 7.53. The molecule has 0 spiro atoms. The van der Waals surface area contributed by atoms with Crippen molar-refractivity contribution in [2.45, 2.75) is 6.42 Å². The third-order valence-corrected chi connectivity index (χ3v) is 3.37. The Morgan fingerprint density at radius 2 is 1.75 bits per heavy atom. The van der Waals surface area contributed by atoms with Crippen LogP contribution in [-0.2, 0) is 6.42 Å². The maximum Gasteiger partial charge on any atom is 0.229 e. The van der Waals surface area contributed by atoms with Crippen LogP contribution in [0.2, 0.25) is 0 Å². The van der Waals surface area contributed by atoms with Crippen LogP contribution < -0.4 is 10.6 Å². The number of hydrogen-bond donors (Lipinski definition) is 2. The summed E-state index contributed by atoms with van der Waals surface area (Å²) in [5, 5.41) is 6.14. The summed E-state index contributed by atoms with van der Waals surface area (Å²) in [7, 11) is 0. The molecule has 3 rings (SSSR count). The number of aromatic nitrogens is 2. The molecule has 0 atom stereocenters. The van der Waals surface area contributed by atoms with E-state index in [0.717, 1.165) is 12.0 Å². The van der Waals surface area contributed by atoms with Gasteiger partial charge in [0.25, 0.3) is 0 Å². The quantitative estimate of drug-likeness (QED) is 0.714. The Labute approximate surface area is 138 Å². The van der Waals surface area contributed by atoms with Crippen molar-refractivity contribution in [1.29, 1.82) is 0 Å². The highest BCUT2D eigenvalue weighted by atomic mass is 19.1. The van der Waals surface area contributed by atoms with Gasteiger partial charge in [0.1, 0.15) is 17.5 Å². The number of benzene rings is 2. The molecule has 0 radical (unpaired) electrons. The fourth-order valence-corrected chi connectivity index (χ4v) is 2.20. The van der Waals surface area contributed by atoms with Crippen molar-refractivity contribution in [3.05, 3.63) is 78.0 Å². The van der Waals surface area contributed by atoms with Crippen LogP contribution >= 0.6 is 0 Å². The van der Waals surface area contributed by atoms with E-state index >= 15 is 0 Å². The van der Waals surface area contributed by atoms with Crippen molar-refractivity contribution >= 4 is 17.5 Å². The third-order valence-electron chi connectivity index (χ3n) is 3.37. The van der Waals surface area contributed by atoms with Crippen LogP contribution in [0.25, 0.3) is 0 Å². The lowest BCUT2D eigenvalue weighted by atomic mass is 10.1. The number of nitrogens with one attached hydrogen (secondary N) is 2. The number of halogens is 2. The molecule has 6 heteroatoms. The summed E-state index contributed by atoms with van der Waals surface area (Å²) in [6.45, 7) is 0.655. The molecule has 0 aliphatic carbocycles. The van der Waals surface area contributed by atoms with Crippen LogP contribution in [0.3, 0.4) is 0 Å². The van der Waals surface area contributed by atoms with E-state index in [2.05, 4.69) is 20.6 Å². The molecule has 122 valence electrons. The van der Waals surface area contributed by atoms with Crippen molar-refractivity contribution in [1.82, 2.24) is 9.97 Å². The first-order chi connectivity index (χ1) is 11.7. The SMILES string of the molecule is Fc1ccc(CCNc2ccnc(Nc3cccc(F)c3)n2)cc1. The van der Waals surface area contributed by atoms with Crippen molar-refractivity contribution < 1.29 is 8.78 Å². The smallest absolute Gasteiger partial charge is 0.229 e. The van der Waals surface area contributed by atoms with Gasteiger partial charge in [-0.05, 0) is 48.4 Å². The van der Waals surface area contributed by atoms with E-state index in [-0.39, 0.29) is 11.6 Å². The molecule has 4 nitrogen and oxygen atoms in total. The predicted octanol–water partition coefficient (Wildman–Crippen LogP) is 4.15. The fourth-order valence-electron chi connectivity index (χ4n) is 2.20. The molecule has 2 N–H and O–H groups in total. The van der Waals surface area contributed by atoms with Gasteiger partial charge in [-0.25, -0.2) is 13.8 Å². The zero-order valence-corrected chi connectivity index (χ0v) is 12.8. The average molecular weight is 326 g/mol. The Bertz CT molecular complexity index is 806. The Morgan fingerprint density at radius 1 is 0.917 bits per heavy atom. The van der Waals surface area contributed by atoms with E-state index < -0.39 is 0 Å². The largest absolute Gasteiger partial charge is 0.370 e. The van der Waals surface area contributed by atoms with Crippen LogP contribution in [0.5, 0.6) is 0 Å². The van der Waals surface area contributed by atoms with Crippen LogP contribution in [0.15, 0.2) is 60.8 Å². The molecule has 1 heterocycles. The molecule has 0 unspecified atom stereocenters. The van der Waals surface area contributed by atoms with E-state index in [1.807, 2.05) is 0 Å². The second-order valence-electron chi connectivity index (χ2n) is 5.20. The molecule has 0 bridgehead atoms. The Morgan fingerprint density at radius 3 is 2.54 bits per heavy atom. The first-order valence-corrected chi connectivity index (χ1v) is 7.53. The van der Waals surface area contributed by atoms with Crippen molar-refractivity contribution in [2.75, 3.05) is 17.2 Å². The average Bonchev–Trinajstić information content (AvgIpc) is 2.57. The minimum Gasteiger partial charge on any atom is -0.370 e. The maximum absolute atomic E-state index is 13.2. The van der Waals surface area contributed by atoms with E-state index in [9.17, 15) is 8.78 Å². The van der Waals surface area contributed by atoms with Gasteiger partial charge in [0.05, 0.1) is 0 Å². The van der Waals surface area contributed by atoms with Crippen LogP contribution in [0, 0.1) is 11.6 Å². The van der Waals surface area contributed by atoms with E-state index in [0.29, 0.717) is 24.0 Å². The van der Waals surface area contributed by atoms with Gasteiger partial charge in [0, 0.05) is 18.4 Å². The molecule has 0 saturated carbocycles. The van der Waals surface area contributed by atoms with Crippen molar-refractivity contribution in [2.24, 2.45) is 0 Å². The summed E-state index contributed by atoms with van der Waals surface area (Å²) < 4.78 is 26.0. The van der Waals surface area contributed by atoms with Gasteiger partial charge in [-0.1, -0.05) is 18.2 Å². The standard InChI is InChI=1S/C18H16F2N4/c19-14-6-4-13(5-7-14)8-10-21-17-9-11-22-18(24-17)23-16-3-1-2-15(20)12-16/h1-7,9,11-12H,8,10H2,(H2,21,22,23,24). The number of anilines is 3. The second kappa shape index (κ2) is 7.50. The van der Waals surface area contributed by atoms with Gasteiger partial charge >= 0.3 is 0 Å². The molecule has 3 aromatic rings. The normalized spacial score (nSPS) is 10.4. The summed E-state index contributed by atoms with van der Waals surface area (Å²) in [6.07, 6.45) is 2.37. The van der Waals surface area contributed by atoms with E-state index in [4.69, 9.17) is 0 Å². The highest BCUT2D eigenvalue weighted by molar-refractivity contribution is 5.54. The van der Waals surface area contributed by atoms with Gasteiger partial charge in [-0.3, -0.25) is 0 Å². The molecular formula is C18H16F2N4. The Balaban J connectivity index is 1.57. The predicted molar refractivity (Wildman–Crippen MR) is 90.3 cm³/mol. The summed E-state index contributed by atoms with van der Waals surface area (Å²) in [6, 6.07) is 14.3. The zero-order valence-electron chi connectivity index (χ0n) is 12.8. The molecule has 0 saturated heterocycles. The lowest BCUT2D eigenvalue weighted by Crippen LogP contribution is -2.07. The molecule has 2 aromatic carbocycles. The van der Waals surface area contributed by atoms with Crippen LogP contribution in [0.4, 0.5) is 26.2 Å². The van der Waals surface area contributed by atoms with Crippen LogP contribution in [0.1, 0.15) is 5.56 Å². The molecule has 1 aromatic heterocycles. The minimum absolute atomic E-state index is 0.240. The van der Waals surface area contributed by atoms with Crippen LogP contribution in [-0.4, -0.2) is 16.5 Å². The zero-order chi connectivity index (χ0) is 16.8. The first kappa shape index (κ1) is 15.9. The Hall–Kier alpha value is -3.02. The number of hydrogen-bond acceptors (Lipinski definition) is 4. The summed E-state index contributed by atoms with van der Waals surface area (Å²) >= 11 is 0. The minimum atomic E-state index is -0.325. The monoisotopic (exact) mass is 326 g/mol.